The van der Waals surface area contributed by atoms with E-state index in [1.165, 1.54) is 6.54 Å². The van der Waals surface area contributed by atoms with E-state index in [-0.39, 0.29) is 0 Å². The second kappa shape index (κ2) is 3.00. The molecule has 2 unspecified atom stereocenters. The minimum atomic E-state index is 0.544. The standard InChI is InChI=1S/C10H19NO/c1-7(2)9-6-12-10-5-11(3)4-8(9)10/h7-10H,4-6H2,1-3H3/t8?,9?,10-/m0/s1. The normalized spacial score (nSPS) is 42.5. The molecule has 3 atom stereocenters. The molecular formula is C10H19NO. The van der Waals surface area contributed by atoms with Gasteiger partial charge in [-0.3, -0.25) is 0 Å². The van der Waals surface area contributed by atoms with Crippen LogP contribution in [-0.4, -0.2) is 37.7 Å². The minimum absolute atomic E-state index is 0.544. The van der Waals surface area contributed by atoms with Gasteiger partial charge in [-0.25, -0.2) is 0 Å². The zero-order valence-electron chi connectivity index (χ0n) is 8.29. The van der Waals surface area contributed by atoms with Gasteiger partial charge < -0.3 is 9.64 Å². The zero-order chi connectivity index (χ0) is 8.72. The quantitative estimate of drug-likeness (QED) is 0.585. The van der Waals surface area contributed by atoms with Gasteiger partial charge in [0.15, 0.2) is 0 Å². The molecule has 2 fully saturated rings. The van der Waals surface area contributed by atoms with Gasteiger partial charge in [-0.05, 0) is 18.9 Å². The monoisotopic (exact) mass is 169 g/mol. The summed E-state index contributed by atoms with van der Waals surface area (Å²) in [5.74, 6) is 2.40. The fraction of sp³-hybridized carbons (Fsp3) is 1.00. The molecule has 70 valence electrons. The minimum Gasteiger partial charge on any atom is -0.376 e. The van der Waals surface area contributed by atoms with Crippen LogP contribution in [0.15, 0.2) is 0 Å². The Bertz CT molecular complexity index is 169. The Morgan fingerprint density at radius 1 is 1.33 bits per heavy atom. The number of fused-ring (bicyclic) bond motifs is 1. The van der Waals surface area contributed by atoms with Crippen molar-refractivity contribution in [3.63, 3.8) is 0 Å². The molecule has 0 amide bonds. The first-order chi connectivity index (χ1) is 5.68. The largest absolute Gasteiger partial charge is 0.376 e. The summed E-state index contributed by atoms with van der Waals surface area (Å²) in [5.41, 5.74) is 0. The zero-order valence-corrected chi connectivity index (χ0v) is 8.29. The summed E-state index contributed by atoms with van der Waals surface area (Å²) in [4.78, 5) is 2.39. The second-order valence-electron chi connectivity index (χ2n) is 4.66. The summed E-state index contributed by atoms with van der Waals surface area (Å²) in [6.45, 7) is 8.02. The predicted molar refractivity (Wildman–Crippen MR) is 49.1 cm³/mol. The Morgan fingerprint density at radius 3 is 2.75 bits per heavy atom. The van der Waals surface area contributed by atoms with Gasteiger partial charge in [0.1, 0.15) is 0 Å². The number of likely N-dealkylation sites (N-methyl/N-ethyl adjacent to an activating group) is 1. The van der Waals surface area contributed by atoms with Crippen LogP contribution in [0.5, 0.6) is 0 Å². The highest BCUT2D eigenvalue weighted by Crippen LogP contribution is 2.36. The average molecular weight is 169 g/mol. The molecule has 2 rings (SSSR count). The summed E-state index contributed by atoms with van der Waals surface area (Å²) in [6.07, 6.45) is 0.544. The SMILES string of the molecule is CC(C)C1CO[C@H]2CN(C)CC12. The molecule has 2 heterocycles. The summed E-state index contributed by atoms with van der Waals surface area (Å²) >= 11 is 0. The number of hydrogen-bond donors (Lipinski definition) is 0. The van der Waals surface area contributed by atoms with E-state index in [4.69, 9.17) is 4.74 Å². The van der Waals surface area contributed by atoms with E-state index in [9.17, 15) is 0 Å². The molecular weight excluding hydrogens is 150 g/mol. The molecule has 0 N–H and O–H groups in total. The summed E-state index contributed by atoms with van der Waals surface area (Å²) < 4.78 is 5.78. The van der Waals surface area contributed by atoms with Crippen molar-refractivity contribution < 1.29 is 4.74 Å². The van der Waals surface area contributed by atoms with E-state index in [1.807, 2.05) is 0 Å². The topological polar surface area (TPSA) is 12.5 Å². The van der Waals surface area contributed by atoms with Crippen molar-refractivity contribution in [3.8, 4) is 0 Å². The second-order valence-corrected chi connectivity index (χ2v) is 4.66. The van der Waals surface area contributed by atoms with Crippen LogP contribution in [0, 0.1) is 17.8 Å². The molecule has 12 heavy (non-hydrogen) atoms. The third kappa shape index (κ3) is 1.27. The average Bonchev–Trinajstić information content (AvgIpc) is 2.43. The molecule has 0 aromatic carbocycles. The van der Waals surface area contributed by atoms with Gasteiger partial charge in [0.25, 0.3) is 0 Å². The van der Waals surface area contributed by atoms with Gasteiger partial charge >= 0.3 is 0 Å². The molecule has 2 aliphatic heterocycles. The van der Waals surface area contributed by atoms with Crippen molar-refractivity contribution in [1.82, 2.24) is 4.90 Å². The number of ether oxygens (including phenoxy) is 1. The van der Waals surface area contributed by atoms with Crippen LogP contribution < -0.4 is 0 Å². The van der Waals surface area contributed by atoms with Gasteiger partial charge in [0, 0.05) is 19.0 Å². The van der Waals surface area contributed by atoms with Crippen LogP contribution in [0.4, 0.5) is 0 Å². The van der Waals surface area contributed by atoms with Crippen LogP contribution in [0.3, 0.4) is 0 Å². The van der Waals surface area contributed by atoms with E-state index in [0.717, 1.165) is 30.9 Å². The van der Waals surface area contributed by atoms with Crippen molar-refractivity contribution in [2.45, 2.75) is 20.0 Å². The van der Waals surface area contributed by atoms with Gasteiger partial charge in [-0.1, -0.05) is 13.8 Å². The fourth-order valence-corrected chi connectivity index (χ4v) is 2.63. The molecule has 0 aromatic heterocycles. The highest BCUT2D eigenvalue weighted by molar-refractivity contribution is 4.93. The third-order valence-electron chi connectivity index (χ3n) is 3.40. The summed E-state index contributed by atoms with van der Waals surface area (Å²) in [7, 11) is 2.19. The van der Waals surface area contributed by atoms with E-state index in [1.54, 1.807) is 0 Å². The Balaban J connectivity index is 2.03. The smallest absolute Gasteiger partial charge is 0.0745 e. The highest BCUT2D eigenvalue weighted by atomic mass is 16.5. The van der Waals surface area contributed by atoms with Crippen molar-refractivity contribution in [3.05, 3.63) is 0 Å². The van der Waals surface area contributed by atoms with Gasteiger partial charge in [-0.15, -0.1) is 0 Å². The van der Waals surface area contributed by atoms with E-state index in [2.05, 4.69) is 25.8 Å². The van der Waals surface area contributed by atoms with Crippen LogP contribution in [-0.2, 0) is 4.74 Å². The lowest BCUT2D eigenvalue weighted by atomic mass is 9.84. The Hall–Kier alpha value is -0.0800. The molecule has 2 nitrogen and oxygen atoms in total. The van der Waals surface area contributed by atoms with Crippen LogP contribution in [0.1, 0.15) is 13.8 Å². The summed E-state index contributed by atoms with van der Waals surface area (Å²) in [6, 6.07) is 0. The Kier molecular flexibility index (Phi) is 2.13. The first kappa shape index (κ1) is 8.52. The van der Waals surface area contributed by atoms with E-state index < -0.39 is 0 Å². The van der Waals surface area contributed by atoms with Crippen LogP contribution >= 0.6 is 0 Å². The molecule has 2 heteroatoms. The van der Waals surface area contributed by atoms with E-state index in [0.29, 0.717) is 6.10 Å². The maximum Gasteiger partial charge on any atom is 0.0745 e. The molecule has 2 aliphatic rings. The fourth-order valence-electron chi connectivity index (χ4n) is 2.63. The lowest BCUT2D eigenvalue weighted by Crippen LogP contribution is -2.23. The van der Waals surface area contributed by atoms with Crippen LogP contribution in [0.2, 0.25) is 0 Å². The van der Waals surface area contributed by atoms with Gasteiger partial charge in [-0.2, -0.15) is 0 Å². The maximum atomic E-state index is 5.78. The molecule has 0 bridgehead atoms. The van der Waals surface area contributed by atoms with Crippen molar-refractivity contribution in [1.29, 1.82) is 0 Å². The third-order valence-corrected chi connectivity index (χ3v) is 3.40. The van der Waals surface area contributed by atoms with Gasteiger partial charge in [0.05, 0.1) is 12.7 Å². The van der Waals surface area contributed by atoms with Crippen molar-refractivity contribution in [2.24, 2.45) is 17.8 Å². The lowest BCUT2D eigenvalue weighted by Gasteiger charge is -2.19. The number of nitrogens with zero attached hydrogens (tertiary/aromatic N) is 1. The number of hydrogen-bond acceptors (Lipinski definition) is 2. The summed E-state index contributed by atoms with van der Waals surface area (Å²) in [5, 5.41) is 0. The molecule has 0 aliphatic carbocycles. The maximum absolute atomic E-state index is 5.78. The molecule has 0 spiro atoms. The van der Waals surface area contributed by atoms with Crippen LogP contribution in [0.25, 0.3) is 0 Å². The Morgan fingerprint density at radius 2 is 2.08 bits per heavy atom. The highest BCUT2D eigenvalue weighted by Gasteiger charge is 2.43. The molecule has 0 saturated carbocycles. The number of rotatable bonds is 1. The van der Waals surface area contributed by atoms with Crippen molar-refractivity contribution >= 4 is 0 Å². The first-order valence-corrected chi connectivity index (χ1v) is 4.98. The molecule has 2 saturated heterocycles. The molecule has 0 aromatic rings. The lowest BCUT2D eigenvalue weighted by molar-refractivity contribution is 0.0958. The Labute approximate surface area is 74.9 Å². The predicted octanol–water partition coefficient (Wildman–Crippen LogP) is 1.22. The van der Waals surface area contributed by atoms with Crippen molar-refractivity contribution in [2.75, 3.05) is 26.7 Å². The van der Waals surface area contributed by atoms with Gasteiger partial charge in [0.2, 0.25) is 0 Å². The number of likely N-dealkylation sites (tertiary alicyclic amines) is 1. The van der Waals surface area contributed by atoms with E-state index >= 15 is 0 Å². The molecule has 0 radical (unpaired) electrons. The first-order valence-electron chi connectivity index (χ1n) is 4.98.